The van der Waals surface area contributed by atoms with E-state index in [0.717, 1.165) is 25.8 Å². The first-order chi connectivity index (χ1) is 12.4. The fourth-order valence-electron chi connectivity index (χ4n) is 5.48. The molecule has 0 aromatic carbocycles. The molecule has 3 nitrogen and oxygen atoms in total. The van der Waals surface area contributed by atoms with Crippen molar-refractivity contribution >= 4 is 5.91 Å². The largest absolute Gasteiger partial charge is 0.391 e. The average molecular weight is 372 g/mol. The maximum Gasteiger partial charge on any atom is 0.391 e. The number of carbonyl (C=O) groups is 1. The first-order valence-electron chi connectivity index (χ1n) is 10.1. The van der Waals surface area contributed by atoms with Crippen molar-refractivity contribution in [1.82, 2.24) is 10.2 Å². The zero-order valence-corrected chi connectivity index (χ0v) is 15.4. The third-order valence-electron chi connectivity index (χ3n) is 6.75. The van der Waals surface area contributed by atoms with Crippen molar-refractivity contribution in [3.05, 3.63) is 12.7 Å². The third kappa shape index (κ3) is 4.62. The number of nitrogens with zero attached hydrogens (tertiary/aromatic N) is 1. The van der Waals surface area contributed by atoms with E-state index in [4.69, 9.17) is 0 Å². The number of likely N-dealkylation sites (tertiary alicyclic amines) is 1. The Hall–Kier alpha value is -1.04. The van der Waals surface area contributed by atoms with Gasteiger partial charge in [0.2, 0.25) is 5.91 Å². The van der Waals surface area contributed by atoms with E-state index >= 15 is 0 Å². The van der Waals surface area contributed by atoms with E-state index in [1.165, 1.54) is 25.3 Å². The van der Waals surface area contributed by atoms with Crippen LogP contribution in [0.1, 0.15) is 57.8 Å². The molecule has 0 radical (unpaired) electrons. The molecule has 1 N–H and O–H groups in total. The number of halogens is 3. The Labute approximate surface area is 154 Å². The highest BCUT2D eigenvalue weighted by Gasteiger charge is 2.45. The Morgan fingerprint density at radius 3 is 2.62 bits per heavy atom. The van der Waals surface area contributed by atoms with Gasteiger partial charge in [0.05, 0.1) is 5.92 Å². The number of amides is 1. The van der Waals surface area contributed by atoms with Crippen molar-refractivity contribution in [3.63, 3.8) is 0 Å². The second-order valence-electron chi connectivity index (χ2n) is 8.42. The number of carbonyl (C=O) groups excluding carboxylic acids is 1. The lowest BCUT2D eigenvalue weighted by atomic mass is 9.80. The Morgan fingerprint density at radius 1 is 1.12 bits per heavy atom. The van der Waals surface area contributed by atoms with Gasteiger partial charge in [0.25, 0.3) is 0 Å². The number of hydrogen-bond acceptors (Lipinski definition) is 2. The molecule has 2 saturated carbocycles. The molecule has 0 spiro atoms. The zero-order valence-electron chi connectivity index (χ0n) is 15.4. The lowest BCUT2D eigenvalue weighted by Crippen LogP contribution is -2.47. The molecule has 2 aliphatic carbocycles. The van der Waals surface area contributed by atoms with Crippen LogP contribution in [0.2, 0.25) is 0 Å². The van der Waals surface area contributed by atoms with Crippen molar-refractivity contribution in [2.45, 2.75) is 76.0 Å². The van der Waals surface area contributed by atoms with Crippen LogP contribution in [0, 0.1) is 17.8 Å². The van der Waals surface area contributed by atoms with Crippen molar-refractivity contribution < 1.29 is 18.0 Å². The van der Waals surface area contributed by atoms with Crippen molar-refractivity contribution in [3.8, 4) is 0 Å². The average Bonchev–Trinajstić information content (AvgIpc) is 2.97. The van der Waals surface area contributed by atoms with Crippen LogP contribution in [0.25, 0.3) is 0 Å². The van der Waals surface area contributed by atoms with Crippen LogP contribution >= 0.6 is 0 Å². The number of fused-ring (bicyclic) bond motifs is 1. The molecule has 3 rings (SSSR count). The summed E-state index contributed by atoms with van der Waals surface area (Å²) in [4.78, 5) is 14.0. The molecule has 6 heteroatoms. The summed E-state index contributed by atoms with van der Waals surface area (Å²) in [7, 11) is 0. The molecule has 1 heterocycles. The quantitative estimate of drug-likeness (QED) is 0.730. The fourth-order valence-corrected chi connectivity index (χ4v) is 5.48. The summed E-state index contributed by atoms with van der Waals surface area (Å²) in [6.45, 7) is 4.82. The van der Waals surface area contributed by atoms with Crippen LogP contribution in [0.15, 0.2) is 12.7 Å². The summed E-state index contributed by atoms with van der Waals surface area (Å²) < 4.78 is 39.5. The van der Waals surface area contributed by atoms with E-state index in [9.17, 15) is 18.0 Å². The van der Waals surface area contributed by atoms with Gasteiger partial charge in [-0.25, -0.2) is 0 Å². The highest BCUT2D eigenvalue weighted by molar-refractivity contribution is 5.86. The first kappa shape index (κ1) is 19.7. The normalized spacial score (nSPS) is 35.7. The van der Waals surface area contributed by atoms with Gasteiger partial charge in [-0.3, -0.25) is 9.69 Å². The summed E-state index contributed by atoms with van der Waals surface area (Å²) in [5.41, 5.74) is 0. The number of rotatable bonds is 5. The molecule has 0 bridgehead atoms. The van der Waals surface area contributed by atoms with Gasteiger partial charge in [-0.1, -0.05) is 25.8 Å². The smallest absolute Gasteiger partial charge is 0.351 e. The zero-order chi connectivity index (χ0) is 18.7. The topological polar surface area (TPSA) is 32.3 Å². The number of hydrogen-bond donors (Lipinski definition) is 1. The van der Waals surface area contributed by atoms with Crippen molar-refractivity contribution in [1.29, 1.82) is 0 Å². The van der Waals surface area contributed by atoms with Crippen LogP contribution in [0.3, 0.4) is 0 Å². The van der Waals surface area contributed by atoms with Gasteiger partial charge in [-0.05, 0) is 56.4 Å². The van der Waals surface area contributed by atoms with Gasteiger partial charge < -0.3 is 5.32 Å². The predicted octanol–water partition coefficient (Wildman–Crippen LogP) is 4.29. The molecule has 26 heavy (non-hydrogen) atoms. The lowest BCUT2D eigenvalue weighted by Gasteiger charge is -2.39. The second-order valence-corrected chi connectivity index (χ2v) is 8.42. The summed E-state index contributed by atoms with van der Waals surface area (Å²) in [5.74, 6) is -0.551. The molecule has 1 aliphatic heterocycles. The van der Waals surface area contributed by atoms with E-state index in [2.05, 4.69) is 16.8 Å². The first-order valence-corrected chi connectivity index (χ1v) is 10.1. The summed E-state index contributed by atoms with van der Waals surface area (Å²) in [5, 5.41) is 2.91. The fraction of sp³-hybridized carbons (Fsp3) is 0.850. The minimum absolute atomic E-state index is 0.119. The van der Waals surface area contributed by atoms with Crippen LogP contribution in [-0.4, -0.2) is 42.2 Å². The molecule has 0 aromatic heterocycles. The molecule has 148 valence electrons. The van der Waals surface area contributed by atoms with E-state index in [1.54, 1.807) is 0 Å². The molecular formula is C20H31F3N2O. The number of nitrogens with one attached hydrogen (secondary N) is 1. The Kier molecular flexibility index (Phi) is 6.31. The van der Waals surface area contributed by atoms with Crippen LogP contribution < -0.4 is 5.32 Å². The summed E-state index contributed by atoms with van der Waals surface area (Å²) in [6, 6.07) is 0.735. The molecule has 5 unspecified atom stereocenters. The molecule has 1 amide bonds. The standard InChI is InChI=1S/C20H31F3N2O/c1-2-19(26)24-12-17-11-15-7-3-4-9-18(15)25(17)13-14-6-5-8-16(10-14)20(21,22)23/h2,14-18H,1,3-13H2,(H,24,26). The Balaban J connectivity index is 1.65. The molecule has 1 saturated heterocycles. The van der Waals surface area contributed by atoms with Gasteiger partial charge in [-0.15, -0.1) is 0 Å². The third-order valence-corrected chi connectivity index (χ3v) is 6.75. The number of alkyl halides is 3. The van der Waals surface area contributed by atoms with Crippen LogP contribution in [0.4, 0.5) is 13.2 Å². The van der Waals surface area contributed by atoms with Crippen LogP contribution in [0.5, 0.6) is 0 Å². The maximum absolute atomic E-state index is 13.2. The highest BCUT2D eigenvalue weighted by atomic mass is 19.4. The van der Waals surface area contributed by atoms with Gasteiger partial charge in [0.15, 0.2) is 0 Å². The van der Waals surface area contributed by atoms with Gasteiger partial charge in [0.1, 0.15) is 0 Å². The lowest BCUT2D eigenvalue weighted by molar-refractivity contribution is -0.186. The molecule has 0 aromatic rings. The summed E-state index contributed by atoms with van der Waals surface area (Å²) in [6.07, 6.45) is 5.20. The monoisotopic (exact) mass is 372 g/mol. The van der Waals surface area contributed by atoms with Gasteiger partial charge >= 0.3 is 6.18 Å². The van der Waals surface area contributed by atoms with E-state index in [1.807, 2.05) is 0 Å². The Bertz CT molecular complexity index is 508. The van der Waals surface area contributed by atoms with E-state index < -0.39 is 12.1 Å². The predicted molar refractivity (Wildman–Crippen MR) is 95.6 cm³/mol. The van der Waals surface area contributed by atoms with Crippen LogP contribution in [-0.2, 0) is 4.79 Å². The molecule has 5 atom stereocenters. The SMILES string of the molecule is C=CC(=O)NCC1CC2CCCCC2N1CC1CCCC(C(F)(F)F)C1. The van der Waals surface area contributed by atoms with E-state index in [0.29, 0.717) is 24.9 Å². The highest BCUT2D eigenvalue weighted by Crippen LogP contribution is 2.43. The molecule has 3 fully saturated rings. The second kappa shape index (κ2) is 8.32. The summed E-state index contributed by atoms with van der Waals surface area (Å²) >= 11 is 0. The minimum Gasteiger partial charge on any atom is -0.351 e. The molecular weight excluding hydrogens is 341 g/mol. The Morgan fingerprint density at radius 2 is 1.88 bits per heavy atom. The van der Waals surface area contributed by atoms with Crippen molar-refractivity contribution in [2.24, 2.45) is 17.8 Å². The van der Waals surface area contributed by atoms with Crippen molar-refractivity contribution in [2.75, 3.05) is 13.1 Å². The minimum atomic E-state index is -4.06. The van der Waals surface area contributed by atoms with E-state index in [-0.39, 0.29) is 30.7 Å². The maximum atomic E-state index is 13.2. The van der Waals surface area contributed by atoms with Gasteiger partial charge in [-0.2, -0.15) is 13.2 Å². The molecule has 3 aliphatic rings. The van der Waals surface area contributed by atoms with Gasteiger partial charge in [0, 0.05) is 25.2 Å².